The Labute approximate surface area is 193 Å². The third-order valence-electron chi connectivity index (χ3n) is 4.81. The van der Waals surface area contributed by atoms with Gasteiger partial charge in [-0.15, -0.1) is 11.3 Å². The minimum atomic E-state index is -0.610. The largest absolute Gasteiger partial charge is 0.492 e. The Hall–Kier alpha value is -2.05. The maximum Gasteiger partial charge on any atom is 0.322 e. The highest BCUT2D eigenvalue weighted by Gasteiger charge is 2.43. The van der Waals surface area contributed by atoms with Gasteiger partial charge in [-0.2, -0.15) is 0 Å². The van der Waals surface area contributed by atoms with Crippen molar-refractivity contribution in [2.45, 2.75) is 19.0 Å². The number of amides is 1. The van der Waals surface area contributed by atoms with Crippen LogP contribution in [0.2, 0.25) is 10.0 Å². The van der Waals surface area contributed by atoms with Crippen LogP contribution in [0.3, 0.4) is 0 Å². The van der Waals surface area contributed by atoms with Gasteiger partial charge in [0, 0.05) is 10.0 Å². The number of hydrogen-bond donors (Lipinski definition) is 0. The maximum atomic E-state index is 12.6. The molecule has 4 rings (SSSR count). The first-order valence-corrected chi connectivity index (χ1v) is 11.3. The van der Waals surface area contributed by atoms with Gasteiger partial charge in [-0.25, -0.2) is 0 Å². The van der Waals surface area contributed by atoms with Gasteiger partial charge in [-0.05, 0) is 65.4 Å². The van der Waals surface area contributed by atoms with Crippen molar-refractivity contribution < 1.29 is 9.53 Å². The summed E-state index contributed by atoms with van der Waals surface area (Å²) in [4.78, 5) is 19.9. The number of nitrogens with zero attached hydrogens (tertiary/aromatic N) is 2. The smallest absolute Gasteiger partial charge is 0.322 e. The topological polar surface area (TPSA) is 41.9 Å². The van der Waals surface area contributed by atoms with Gasteiger partial charge in [0.25, 0.3) is 0 Å². The molecule has 0 radical (unpaired) electrons. The highest BCUT2D eigenvalue weighted by molar-refractivity contribution is 7.12. The molecule has 0 saturated carbocycles. The lowest BCUT2D eigenvalue weighted by molar-refractivity contribution is 0.231. The van der Waals surface area contributed by atoms with E-state index in [4.69, 9.17) is 44.5 Å². The third-order valence-corrected chi connectivity index (χ3v) is 6.39. The molecule has 0 N–H and O–H groups in total. The van der Waals surface area contributed by atoms with Crippen molar-refractivity contribution in [2.24, 2.45) is 4.99 Å². The van der Waals surface area contributed by atoms with Crippen LogP contribution in [-0.2, 0) is 0 Å². The summed E-state index contributed by atoms with van der Waals surface area (Å²) in [7, 11) is 0. The van der Waals surface area contributed by atoms with Gasteiger partial charge in [0.05, 0.1) is 12.6 Å². The summed E-state index contributed by atoms with van der Waals surface area (Å²) < 4.78 is 5.74. The molecule has 2 atom stereocenters. The molecule has 0 aliphatic carbocycles. The van der Waals surface area contributed by atoms with Gasteiger partial charge in [-0.1, -0.05) is 47.5 Å². The summed E-state index contributed by atoms with van der Waals surface area (Å²) in [6.45, 7) is 2.42. The summed E-state index contributed by atoms with van der Waals surface area (Å²) in [5.74, 6) is 1.17. The second kappa shape index (κ2) is 8.98. The second-order valence-electron chi connectivity index (χ2n) is 6.62. The molecule has 30 heavy (non-hydrogen) atoms. The molecular formula is C22H17Cl3N2O2S. The Morgan fingerprint density at radius 3 is 2.20 bits per heavy atom. The summed E-state index contributed by atoms with van der Waals surface area (Å²) in [6, 6.07) is 15.9. The number of ether oxygens (including phenoxy) is 1. The molecule has 2 aromatic carbocycles. The molecule has 4 nitrogen and oxygen atoms in total. The van der Waals surface area contributed by atoms with E-state index < -0.39 is 11.4 Å². The number of benzene rings is 2. The van der Waals surface area contributed by atoms with Crippen molar-refractivity contribution >= 4 is 57.3 Å². The van der Waals surface area contributed by atoms with Crippen molar-refractivity contribution in [1.29, 1.82) is 0 Å². The lowest BCUT2D eigenvalue weighted by Gasteiger charge is -2.27. The second-order valence-corrected chi connectivity index (χ2v) is 8.73. The molecule has 2 heterocycles. The number of amidine groups is 1. The van der Waals surface area contributed by atoms with Crippen LogP contribution in [0.4, 0.5) is 4.79 Å². The quantitative estimate of drug-likeness (QED) is 0.283. The zero-order valence-electron chi connectivity index (χ0n) is 15.9. The van der Waals surface area contributed by atoms with Crippen LogP contribution >= 0.6 is 46.1 Å². The first kappa shape index (κ1) is 21.2. The number of aliphatic imine (C=N–C) groups is 1. The predicted molar refractivity (Wildman–Crippen MR) is 123 cm³/mol. The monoisotopic (exact) mass is 478 g/mol. The zero-order chi connectivity index (χ0) is 21.3. The molecule has 8 heteroatoms. The molecule has 1 amide bonds. The number of thiophene rings is 1. The van der Waals surface area contributed by atoms with Gasteiger partial charge in [0.15, 0.2) is 5.84 Å². The molecule has 0 unspecified atom stereocenters. The van der Waals surface area contributed by atoms with Crippen molar-refractivity contribution in [2.75, 3.05) is 6.61 Å². The summed E-state index contributed by atoms with van der Waals surface area (Å²) >= 11 is 19.7. The highest BCUT2D eigenvalue weighted by atomic mass is 35.5. The van der Waals surface area contributed by atoms with E-state index in [1.54, 1.807) is 12.1 Å². The van der Waals surface area contributed by atoms with Crippen molar-refractivity contribution in [3.8, 4) is 5.75 Å². The van der Waals surface area contributed by atoms with Crippen LogP contribution in [0.1, 0.15) is 35.0 Å². The fourth-order valence-electron chi connectivity index (χ4n) is 3.54. The molecule has 1 aliphatic rings. The molecular weight excluding hydrogens is 463 g/mol. The van der Waals surface area contributed by atoms with E-state index >= 15 is 0 Å². The molecule has 3 aromatic rings. The van der Waals surface area contributed by atoms with Crippen LogP contribution in [0.25, 0.3) is 0 Å². The highest BCUT2D eigenvalue weighted by Crippen LogP contribution is 2.46. The number of carbonyl (C=O) groups excluding carboxylic acids is 1. The fourth-order valence-corrected chi connectivity index (χ4v) is 4.80. The van der Waals surface area contributed by atoms with Crippen LogP contribution in [0, 0.1) is 0 Å². The Balaban J connectivity index is 1.87. The van der Waals surface area contributed by atoms with E-state index in [-0.39, 0.29) is 6.04 Å². The lowest BCUT2D eigenvalue weighted by Crippen LogP contribution is -2.34. The lowest BCUT2D eigenvalue weighted by atomic mass is 9.94. The minimum Gasteiger partial charge on any atom is -0.492 e. The van der Waals surface area contributed by atoms with Gasteiger partial charge < -0.3 is 4.74 Å². The molecule has 0 bridgehead atoms. The Morgan fingerprint density at radius 2 is 1.63 bits per heavy atom. The van der Waals surface area contributed by atoms with E-state index in [1.807, 2.05) is 54.8 Å². The Bertz CT molecular complexity index is 1080. The Kier molecular flexibility index (Phi) is 6.34. The van der Waals surface area contributed by atoms with Crippen molar-refractivity contribution in [3.63, 3.8) is 0 Å². The zero-order valence-corrected chi connectivity index (χ0v) is 19.0. The fraction of sp³-hybridized carbons (Fsp3) is 0.182. The SMILES string of the molecule is CCOc1ccsc1C1=N[C@@H](c2ccc(Cl)cc2)[C@@H](c2ccc(Cl)cc2)N1C(=O)Cl. The van der Waals surface area contributed by atoms with Gasteiger partial charge in [0.1, 0.15) is 16.7 Å². The van der Waals surface area contributed by atoms with Crippen LogP contribution in [0.5, 0.6) is 5.75 Å². The molecule has 0 saturated heterocycles. The normalized spacial score (nSPS) is 18.4. The van der Waals surface area contributed by atoms with Gasteiger partial charge in [-0.3, -0.25) is 14.7 Å². The third kappa shape index (κ3) is 4.08. The van der Waals surface area contributed by atoms with E-state index in [0.717, 1.165) is 16.0 Å². The maximum absolute atomic E-state index is 12.6. The van der Waals surface area contributed by atoms with E-state index in [1.165, 1.54) is 16.2 Å². The average Bonchev–Trinajstić information content (AvgIpc) is 3.34. The predicted octanol–water partition coefficient (Wildman–Crippen LogP) is 7.36. The molecule has 1 aromatic heterocycles. The Morgan fingerprint density at radius 1 is 1.03 bits per heavy atom. The van der Waals surface area contributed by atoms with E-state index in [9.17, 15) is 4.79 Å². The number of rotatable bonds is 5. The van der Waals surface area contributed by atoms with Crippen LogP contribution in [-0.4, -0.2) is 22.7 Å². The number of hydrogen-bond acceptors (Lipinski definition) is 4. The van der Waals surface area contributed by atoms with Gasteiger partial charge in [0.2, 0.25) is 0 Å². The van der Waals surface area contributed by atoms with Crippen molar-refractivity contribution in [3.05, 3.63) is 86.0 Å². The summed E-state index contributed by atoms with van der Waals surface area (Å²) in [5.41, 5.74) is 1.80. The first-order valence-electron chi connectivity index (χ1n) is 9.27. The summed E-state index contributed by atoms with van der Waals surface area (Å²) in [6.07, 6.45) is 0. The minimum absolute atomic E-state index is 0.363. The molecule has 154 valence electrons. The van der Waals surface area contributed by atoms with Gasteiger partial charge >= 0.3 is 5.37 Å². The summed E-state index contributed by atoms with van der Waals surface area (Å²) in [5, 5.41) is 2.54. The van der Waals surface area contributed by atoms with E-state index in [0.29, 0.717) is 28.2 Å². The first-order chi connectivity index (χ1) is 14.5. The van der Waals surface area contributed by atoms with E-state index in [2.05, 4.69) is 0 Å². The standard InChI is InChI=1S/C22H17Cl3N2O2S/c1-2-29-17-11-12-30-20(17)21-26-18(13-3-7-15(23)8-4-13)19(27(21)22(25)28)14-5-9-16(24)10-6-14/h3-12,18-19H,2H2,1H3/t18-,19+/m0/s1. The molecule has 0 spiro atoms. The number of halogens is 3. The number of carbonyl (C=O) groups is 1. The average molecular weight is 480 g/mol. The van der Waals surface area contributed by atoms with Crippen LogP contribution in [0.15, 0.2) is 65.0 Å². The molecule has 1 aliphatic heterocycles. The van der Waals surface area contributed by atoms with Crippen LogP contribution < -0.4 is 4.74 Å². The van der Waals surface area contributed by atoms with Crippen molar-refractivity contribution in [1.82, 2.24) is 4.90 Å². The molecule has 0 fully saturated rings.